The fourth-order valence-corrected chi connectivity index (χ4v) is 2.58. The number of benzene rings is 1. The molecule has 1 aliphatic rings. The standard InChI is InChI=1S/C16H22N2O/c1-2-12-18(15-8-10-17-11-9-15)16(19)13-14-6-4-3-5-7-14/h2-7,15,17H,1,8-13H2. The number of nitrogens with zero attached hydrogens (tertiary/aromatic N) is 1. The zero-order chi connectivity index (χ0) is 13.5. The summed E-state index contributed by atoms with van der Waals surface area (Å²) in [5.41, 5.74) is 1.08. The zero-order valence-electron chi connectivity index (χ0n) is 11.3. The lowest BCUT2D eigenvalue weighted by molar-refractivity contribution is -0.132. The number of rotatable bonds is 5. The van der Waals surface area contributed by atoms with Crippen LogP contribution >= 0.6 is 0 Å². The molecule has 0 bridgehead atoms. The molecule has 0 atom stereocenters. The molecular weight excluding hydrogens is 236 g/mol. The van der Waals surface area contributed by atoms with Crippen molar-refractivity contribution in [1.82, 2.24) is 10.2 Å². The maximum absolute atomic E-state index is 12.5. The van der Waals surface area contributed by atoms with Gasteiger partial charge < -0.3 is 10.2 Å². The van der Waals surface area contributed by atoms with Gasteiger partial charge in [0.1, 0.15) is 0 Å². The van der Waals surface area contributed by atoms with Crippen molar-refractivity contribution in [2.45, 2.75) is 25.3 Å². The molecule has 0 aliphatic carbocycles. The fourth-order valence-electron chi connectivity index (χ4n) is 2.58. The van der Waals surface area contributed by atoms with Crippen LogP contribution in [0.1, 0.15) is 18.4 Å². The molecule has 0 radical (unpaired) electrons. The predicted octanol–water partition coefficient (Wildman–Crippen LogP) is 2.00. The van der Waals surface area contributed by atoms with E-state index in [1.165, 1.54) is 0 Å². The number of hydrogen-bond acceptors (Lipinski definition) is 2. The van der Waals surface area contributed by atoms with Crippen molar-refractivity contribution in [2.24, 2.45) is 0 Å². The second-order valence-corrected chi connectivity index (χ2v) is 4.98. The first-order valence-electron chi connectivity index (χ1n) is 6.96. The molecule has 1 amide bonds. The third-order valence-electron chi connectivity index (χ3n) is 3.59. The summed E-state index contributed by atoms with van der Waals surface area (Å²) >= 11 is 0. The quantitative estimate of drug-likeness (QED) is 0.819. The third kappa shape index (κ3) is 3.93. The second kappa shape index (κ2) is 7.10. The van der Waals surface area contributed by atoms with Gasteiger partial charge in [-0.3, -0.25) is 4.79 Å². The van der Waals surface area contributed by atoms with Crippen molar-refractivity contribution in [1.29, 1.82) is 0 Å². The highest BCUT2D eigenvalue weighted by molar-refractivity contribution is 5.79. The van der Waals surface area contributed by atoms with E-state index in [1.807, 2.05) is 41.3 Å². The molecule has 1 heterocycles. The number of amides is 1. The summed E-state index contributed by atoms with van der Waals surface area (Å²) in [6, 6.07) is 10.3. The number of hydrogen-bond donors (Lipinski definition) is 1. The van der Waals surface area contributed by atoms with E-state index in [0.29, 0.717) is 19.0 Å². The van der Waals surface area contributed by atoms with Gasteiger partial charge in [-0.1, -0.05) is 36.4 Å². The van der Waals surface area contributed by atoms with Gasteiger partial charge in [0.05, 0.1) is 6.42 Å². The molecule has 1 aromatic rings. The molecule has 1 aromatic carbocycles. The average molecular weight is 258 g/mol. The molecule has 0 saturated carbocycles. The molecule has 1 fully saturated rings. The smallest absolute Gasteiger partial charge is 0.227 e. The van der Waals surface area contributed by atoms with Crippen LogP contribution in [0.4, 0.5) is 0 Å². The van der Waals surface area contributed by atoms with E-state index in [4.69, 9.17) is 0 Å². The molecule has 102 valence electrons. The summed E-state index contributed by atoms with van der Waals surface area (Å²) in [4.78, 5) is 14.4. The first-order valence-corrected chi connectivity index (χ1v) is 6.96. The summed E-state index contributed by atoms with van der Waals surface area (Å²) < 4.78 is 0. The highest BCUT2D eigenvalue weighted by Gasteiger charge is 2.24. The minimum atomic E-state index is 0.206. The topological polar surface area (TPSA) is 32.3 Å². The normalized spacial score (nSPS) is 16.0. The summed E-state index contributed by atoms with van der Waals surface area (Å²) in [5.74, 6) is 0.206. The van der Waals surface area contributed by atoms with E-state index >= 15 is 0 Å². The Morgan fingerprint density at radius 3 is 2.63 bits per heavy atom. The molecule has 0 aromatic heterocycles. The highest BCUT2D eigenvalue weighted by Crippen LogP contribution is 2.14. The number of carbonyl (C=O) groups excluding carboxylic acids is 1. The van der Waals surface area contributed by atoms with Gasteiger partial charge in [0.25, 0.3) is 0 Å². The highest BCUT2D eigenvalue weighted by atomic mass is 16.2. The maximum atomic E-state index is 12.5. The lowest BCUT2D eigenvalue weighted by Gasteiger charge is -2.34. The van der Waals surface area contributed by atoms with Crippen molar-refractivity contribution in [3.05, 3.63) is 48.6 Å². The SMILES string of the molecule is C=CCN(C(=O)Cc1ccccc1)C1CCNCC1. The van der Waals surface area contributed by atoms with E-state index in [1.54, 1.807) is 0 Å². The Bertz CT molecular complexity index is 410. The van der Waals surface area contributed by atoms with Crippen molar-refractivity contribution >= 4 is 5.91 Å². The Labute approximate surface area is 115 Å². The monoisotopic (exact) mass is 258 g/mol. The van der Waals surface area contributed by atoms with Crippen molar-refractivity contribution in [3.8, 4) is 0 Å². The van der Waals surface area contributed by atoms with Crippen molar-refractivity contribution in [3.63, 3.8) is 0 Å². The largest absolute Gasteiger partial charge is 0.336 e. The molecule has 1 N–H and O–H groups in total. The van der Waals surface area contributed by atoms with E-state index in [9.17, 15) is 4.79 Å². The fraction of sp³-hybridized carbons (Fsp3) is 0.438. The van der Waals surface area contributed by atoms with Crippen molar-refractivity contribution in [2.75, 3.05) is 19.6 Å². The van der Waals surface area contributed by atoms with Crippen LogP contribution in [0.2, 0.25) is 0 Å². The molecule has 19 heavy (non-hydrogen) atoms. The Kier molecular flexibility index (Phi) is 5.16. The summed E-state index contributed by atoms with van der Waals surface area (Å²) in [7, 11) is 0. The van der Waals surface area contributed by atoms with E-state index < -0.39 is 0 Å². The Balaban J connectivity index is 2.01. The number of piperidine rings is 1. The lowest BCUT2D eigenvalue weighted by atomic mass is 10.0. The van der Waals surface area contributed by atoms with Crippen LogP contribution in [0.5, 0.6) is 0 Å². The lowest BCUT2D eigenvalue weighted by Crippen LogP contribution is -2.46. The zero-order valence-corrected chi connectivity index (χ0v) is 11.3. The van der Waals surface area contributed by atoms with Gasteiger partial charge >= 0.3 is 0 Å². The predicted molar refractivity (Wildman–Crippen MR) is 77.9 cm³/mol. The van der Waals surface area contributed by atoms with Crippen LogP contribution in [-0.2, 0) is 11.2 Å². The molecule has 1 saturated heterocycles. The van der Waals surface area contributed by atoms with Gasteiger partial charge in [0.2, 0.25) is 5.91 Å². The number of carbonyl (C=O) groups is 1. The first-order chi connectivity index (χ1) is 9.31. The van der Waals surface area contributed by atoms with Gasteiger partial charge in [0.15, 0.2) is 0 Å². The van der Waals surface area contributed by atoms with Crippen LogP contribution in [0.3, 0.4) is 0 Å². The molecule has 2 rings (SSSR count). The van der Waals surface area contributed by atoms with E-state index in [2.05, 4.69) is 11.9 Å². The van der Waals surface area contributed by atoms with Gasteiger partial charge in [-0.05, 0) is 31.5 Å². The van der Waals surface area contributed by atoms with Crippen LogP contribution in [0, 0.1) is 0 Å². The Morgan fingerprint density at radius 2 is 2.00 bits per heavy atom. The van der Waals surface area contributed by atoms with Crippen LogP contribution < -0.4 is 5.32 Å². The second-order valence-electron chi connectivity index (χ2n) is 4.98. The maximum Gasteiger partial charge on any atom is 0.227 e. The molecule has 1 aliphatic heterocycles. The van der Waals surface area contributed by atoms with Gasteiger partial charge in [-0.2, -0.15) is 0 Å². The van der Waals surface area contributed by atoms with E-state index in [0.717, 1.165) is 31.5 Å². The van der Waals surface area contributed by atoms with Crippen molar-refractivity contribution < 1.29 is 4.79 Å². The average Bonchev–Trinajstić information content (AvgIpc) is 2.46. The minimum Gasteiger partial charge on any atom is -0.336 e. The third-order valence-corrected chi connectivity index (χ3v) is 3.59. The molecule has 3 nitrogen and oxygen atoms in total. The number of nitrogens with one attached hydrogen (secondary N) is 1. The summed E-state index contributed by atoms with van der Waals surface area (Å²) in [6.45, 7) is 6.42. The van der Waals surface area contributed by atoms with Crippen LogP contribution in [0.25, 0.3) is 0 Å². The van der Waals surface area contributed by atoms with E-state index in [-0.39, 0.29) is 5.91 Å². The minimum absolute atomic E-state index is 0.206. The van der Waals surface area contributed by atoms with Gasteiger partial charge in [0, 0.05) is 12.6 Å². The Hall–Kier alpha value is -1.61. The van der Waals surface area contributed by atoms with Gasteiger partial charge in [-0.25, -0.2) is 0 Å². The van der Waals surface area contributed by atoms with Gasteiger partial charge in [-0.15, -0.1) is 6.58 Å². The molecular formula is C16H22N2O. The first kappa shape index (κ1) is 13.8. The van der Waals surface area contributed by atoms with Crippen LogP contribution in [0.15, 0.2) is 43.0 Å². The molecule has 3 heteroatoms. The molecule has 0 unspecified atom stereocenters. The Morgan fingerprint density at radius 1 is 1.32 bits per heavy atom. The summed E-state index contributed by atoms with van der Waals surface area (Å²) in [5, 5.41) is 3.34. The van der Waals surface area contributed by atoms with Crippen LogP contribution in [-0.4, -0.2) is 36.5 Å². The summed E-state index contributed by atoms with van der Waals surface area (Å²) in [6.07, 6.45) is 4.38. The molecule has 0 spiro atoms.